The monoisotopic (exact) mass is 499 g/mol. The van der Waals surface area contributed by atoms with Gasteiger partial charge in [0, 0.05) is 24.2 Å². The second kappa shape index (κ2) is 9.61. The van der Waals surface area contributed by atoms with E-state index in [9.17, 15) is 14.4 Å². The normalized spacial score (nSPS) is 15.9. The lowest BCUT2D eigenvalue weighted by Gasteiger charge is -2.40. The van der Waals surface area contributed by atoms with E-state index >= 15 is 0 Å². The minimum absolute atomic E-state index is 0.0704. The average Bonchev–Trinajstić information content (AvgIpc) is 3.20. The number of carbonyl (C=O) groups excluding carboxylic acids is 3. The predicted octanol–water partition coefficient (Wildman–Crippen LogP) is 4.97. The number of hydrogen-bond acceptors (Lipinski definition) is 5. The Labute approximate surface area is 215 Å². The van der Waals surface area contributed by atoms with Crippen molar-refractivity contribution in [2.24, 2.45) is 0 Å². The van der Waals surface area contributed by atoms with Crippen LogP contribution in [0.1, 0.15) is 64.2 Å². The van der Waals surface area contributed by atoms with Gasteiger partial charge >= 0.3 is 0 Å². The molecule has 8 nitrogen and oxygen atoms in total. The molecule has 1 N–H and O–H groups in total. The lowest BCUT2D eigenvalue weighted by molar-refractivity contribution is -0.116. The summed E-state index contributed by atoms with van der Waals surface area (Å²) in [6.07, 6.45) is -0.621. The van der Waals surface area contributed by atoms with Crippen LogP contribution in [0.15, 0.2) is 60.7 Å². The summed E-state index contributed by atoms with van der Waals surface area (Å²) < 4.78 is 11.0. The number of nitrogens with zero attached hydrogens (tertiary/aromatic N) is 2. The van der Waals surface area contributed by atoms with Crippen LogP contribution in [-0.4, -0.2) is 43.4 Å². The third-order valence-corrected chi connectivity index (χ3v) is 6.92. The Hall–Kier alpha value is -4.33. The number of nitrogens with one attached hydrogen (secondary N) is 1. The molecule has 0 unspecified atom stereocenters. The molecular formula is C29H29N3O5. The van der Waals surface area contributed by atoms with E-state index in [0.29, 0.717) is 45.5 Å². The Kier molecular flexibility index (Phi) is 6.33. The number of methoxy groups -OCH3 is 2. The van der Waals surface area contributed by atoms with Crippen LogP contribution in [0.25, 0.3) is 0 Å². The Balaban J connectivity index is 1.45. The molecule has 0 bridgehead atoms. The smallest absolute Gasteiger partial charge is 0.264 e. The number of ether oxygens (including phenoxy) is 2. The largest absolute Gasteiger partial charge is 0.493 e. The number of benzene rings is 3. The Morgan fingerprint density at radius 3 is 2.35 bits per heavy atom. The molecule has 5 rings (SSSR count). The zero-order valence-electron chi connectivity index (χ0n) is 21.3. The van der Waals surface area contributed by atoms with Gasteiger partial charge in [0.05, 0.1) is 31.0 Å². The maximum atomic E-state index is 13.7. The maximum Gasteiger partial charge on any atom is 0.264 e. The average molecular weight is 500 g/mol. The number of para-hydroxylation sites is 1. The highest BCUT2D eigenvalue weighted by Gasteiger charge is 2.49. The van der Waals surface area contributed by atoms with Crippen molar-refractivity contribution < 1.29 is 23.9 Å². The first-order valence-electron chi connectivity index (χ1n) is 12.2. The summed E-state index contributed by atoms with van der Waals surface area (Å²) in [7, 11) is 2.99. The van der Waals surface area contributed by atoms with Gasteiger partial charge in [-0.15, -0.1) is 0 Å². The third-order valence-electron chi connectivity index (χ3n) is 6.92. The van der Waals surface area contributed by atoms with Crippen LogP contribution >= 0.6 is 0 Å². The van der Waals surface area contributed by atoms with E-state index in [1.165, 1.54) is 19.8 Å². The zero-order chi connectivity index (χ0) is 26.3. The Morgan fingerprint density at radius 2 is 1.68 bits per heavy atom. The summed E-state index contributed by atoms with van der Waals surface area (Å²) in [6.45, 7) is 4.36. The predicted molar refractivity (Wildman–Crippen MR) is 140 cm³/mol. The summed E-state index contributed by atoms with van der Waals surface area (Å²) in [5.74, 6) is 0.427. The maximum absolute atomic E-state index is 13.7. The molecule has 0 fully saturated rings. The topological polar surface area (TPSA) is 88.2 Å². The van der Waals surface area contributed by atoms with Crippen LogP contribution in [0.4, 0.5) is 11.4 Å². The molecule has 2 aliphatic heterocycles. The fourth-order valence-corrected chi connectivity index (χ4v) is 5.05. The minimum atomic E-state index is -0.692. The van der Waals surface area contributed by atoms with Gasteiger partial charge in [0.25, 0.3) is 11.8 Å². The molecule has 0 aromatic heterocycles. The van der Waals surface area contributed by atoms with Crippen LogP contribution < -0.4 is 19.7 Å². The van der Waals surface area contributed by atoms with Gasteiger partial charge < -0.3 is 19.7 Å². The van der Waals surface area contributed by atoms with Gasteiger partial charge in [0.1, 0.15) is 6.17 Å². The second-order valence-electron chi connectivity index (χ2n) is 9.40. The van der Waals surface area contributed by atoms with E-state index in [2.05, 4.69) is 19.2 Å². The molecule has 3 aromatic carbocycles. The number of fused-ring (bicyclic) bond motifs is 5. The van der Waals surface area contributed by atoms with Crippen molar-refractivity contribution in [3.8, 4) is 11.5 Å². The van der Waals surface area contributed by atoms with Crippen molar-refractivity contribution in [1.29, 1.82) is 0 Å². The van der Waals surface area contributed by atoms with Crippen molar-refractivity contribution in [2.45, 2.75) is 32.4 Å². The van der Waals surface area contributed by atoms with Gasteiger partial charge in [-0.1, -0.05) is 44.2 Å². The molecule has 2 aliphatic rings. The van der Waals surface area contributed by atoms with E-state index in [1.54, 1.807) is 46.2 Å². The summed E-state index contributed by atoms with van der Waals surface area (Å²) in [5, 5.41) is 2.91. The van der Waals surface area contributed by atoms with Crippen LogP contribution in [0.3, 0.4) is 0 Å². The highest BCUT2D eigenvalue weighted by Crippen LogP contribution is 2.49. The van der Waals surface area contributed by atoms with Crippen LogP contribution in [0.5, 0.6) is 11.5 Å². The lowest BCUT2D eigenvalue weighted by atomic mass is 10.0. The first kappa shape index (κ1) is 24.4. The van der Waals surface area contributed by atoms with E-state index < -0.39 is 6.17 Å². The standard InChI is InChI=1S/C29H29N3O5/c1-17(2)18-9-11-19(12-10-18)30-24(33)15-16-31-27-21-13-14-23(36-3)26(37-4)25(21)29(35)32(27)22-8-6-5-7-20(22)28(31)34/h5-14,17,27H,15-16H2,1-4H3,(H,30,33)/t27-/m1/s1. The Morgan fingerprint density at radius 1 is 0.946 bits per heavy atom. The van der Waals surface area contributed by atoms with Crippen molar-refractivity contribution in [3.63, 3.8) is 0 Å². The molecule has 3 aromatic rings. The minimum Gasteiger partial charge on any atom is -0.493 e. The van der Waals surface area contributed by atoms with Gasteiger partial charge in [-0.3, -0.25) is 19.3 Å². The van der Waals surface area contributed by atoms with Crippen LogP contribution in [-0.2, 0) is 4.79 Å². The third kappa shape index (κ3) is 4.08. The molecular weight excluding hydrogens is 470 g/mol. The van der Waals surface area contributed by atoms with E-state index in [4.69, 9.17) is 9.47 Å². The first-order chi connectivity index (χ1) is 17.8. The first-order valence-corrected chi connectivity index (χ1v) is 12.2. The summed E-state index contributed by atoms with van der Waals surface area (Å²) >= 11 is 0. The number of rotatable bonds is 7. The van der Waals surface area contributed by atoms with Gasteiger partial charge in [0.15, 0.2) is 11.5 Å². The molecule has 0 saturated carbocycles. The molecule has 8 heteroatoms. The summed E-state index contributed by atoms with van der Waals surface area (Å²) in [6, 6.07) is 18.3. The van der Waals surface area contributed by atoms with Crippen LogP contribution in [0, 0.1) is 0 Å². The van der Waals surface area contributed by atoms with Crippen molar-refractivity contribution in [1.82, 2.24) is 4.90 Å². The molecule has 37 heavy (non-hydrogen) atoms. The number of amides is 3. The van der Waals surface area contributed by atoms with Gasteiger partial charge in [-0.2, -0.15) is 0 Å². The SMILES string of the molecule is COc1ccc2c(c1OC)C(=O)N1c3ccccc3C(=O)N(CCC(=O)Nc3ccc(C(C)C)cc3)[C@@H]21. The van der Waals surface area contributed by atoms with E-state index in [-0.39, 0.29) is 30.7 Å². The Bertz CT molecular complexity index is 1380. The van der Waals surface area contributed by atoms with Gasteiger partial charge in [-0.05, 0) is 41.8 Å². The van der Waals surface area contributed by atoms with Crippen molar-refractivity contribution in [3.05, 3.63) is 82.9 Å². The van der Waals surface area contributed by atoms with Crippen molar-refractivity contribution >= 4 is 29.1 Å². The lowest BCUT2D eigenvalue weighted by Crippen LogP contribution is -2.49. The molecule has 2 heterocycles. The fourth-order valence-electron chi connectivity index (χ4n) is 5.05. The molecule has 0 spiro atoms. The highest BCUT2D eigenvalue weighted by molar-refractivity contribution is 6.18. The second-order valence-corrected chi connectivity index (χ2v) is 9.40. The van der Waals surface area contributed by atoms with Crippen molar-refractivity contribution in [2.75, 3.05) is 31.0 Å². The fraction of sp³-hybridized carbons (Fsp3) is 0.276. The highest BCUT2D eigenvalue weighted by atomic mass is 16.5. The quantitative estimate of drug-likeness (QED) is 0.496. The molecule has 190 valence electrons. The van der Waals surface area contributed by atoms with E-state index in [1.807, 2.05) is 24.3 Å². The van der Waals surface area contributed by atoms with E-state index in [0.717, 1.165) is 0 Å². The van der Waals surface area contributed by atoms with Gasteiger partial charge in [0.2, 0.25) is 5.91 Å². The van der Waals surface area contributed by atoms with Gasteiger partial charge in [-0.25, -0.2) is 0 Å². The molecule has 3 amide bonds. The molecule has 0 saturated heterocycles. The summed E-state index contributed by atoms with van der Waals surface area (Å²) in [4.78, 5) is 43.4. The zero-order valence-corrected chi connectivity index (χ0v) is 21.3. The number of hydrogen-bond donors (Lipinski definition) is 1. The molecule has 0 aliphatic carbocycles. The molecule has 0 radical (unpaired) electrons. The summed E-state index contributed by atoms with van der Waals surface area (Å²) in [5.41, 5.74) is 3.82. The van der Waals surface area contributed by atoms with Crippen LogP contribution in [0.2, 0.25) is 0 Å². The number of anilines is 2. The number of carbonyl (C=O) groups is 3. The molecule has 1 atom stereocenters.